The van der Waals surface area contributed by atoms with E-state index in [0.29, 0.717) is 0 Å². The lowest BCUT2D eigenvalue weighted by Gasteiger charge is -2.22. The lowest BCUT2D eigenvalue weighted by Crippen LogP contribution is -2.27. The fourth-order valence-electron chi connectivity index (χ4n) is 5.02. The molecule has 0 saturated heterocycles. The van der Waals surface area contributed by atoms with Gasteiger partial charge in [-0.3, -0.25) is 4.79 Å². The number of methoxy groups -OCH3 is 1. The molecule has 1 aliphatic heterocycles. The number of hydrogen-bond donors (Lipinski definition) is 1. The molecule has 0 fully saturated rings. The smallest absolute Gasteiger partial charge is 0.339 e. The van der Waals surface area contributed by atoms with Crippen molar-refractivity contribution in [2.24, 2.45) is 0 Å². The van der Waals surface area contributed by atoms with Gasteiger partial charge in [-0.25, -0.2) is 0 Å². The quantitative estimate of drug-likeness (QED) is 0.242. The second-order valence-electron chi connectivity index (χ2n) is 10.5. The van der Waals surface area contributed by atoms with Crippen LogP contribution in [0.3, 0.4) is 0 Å². The Bertz CT molecular complexity index is 1960. The molecule has 12 heteroatoms. The molecule has 230 valence electrons. The zero-order valence-electron chi connectivity index (χ0n) is 24.9. The molecule has 10 nitrogen and oxygen atoms in total. The van der Waals surface area contributed by atoms with E-state index < -0.39 is 31.9 Å². The van der Waals surface area contributed by atoms with Gasteiger partial charge in [0.2, 0.25) is 0 Å². The van der Waals surface area contributed by atoms with Crippen LogP contribution in [0.1, 0.15) is 38.2 Å². The summed E-state index contributed by atoms with van der Waals surface area (Å²) in [6, 6.07) is 18.8. The van der Waals surface area contributed by atoms with Crippen molar-refractivity contribution in [3.63, 3.8) is 0 Å². The Hall–Kier alpha value is -4.55. The number of benzene rings is 4. The Morgan fingerprint density at radius 2 is 1.32 bits per heavy atom. The van der Waals surface area contributed by atoms with E-state index in [-0.39, 0.29) is 45.5 Å². The summed E-state index contributed by atoms with van der Waals surface area (Å²) in [4.78, 5) is 15.5. The molecule has 0 unspecified atom stereocenters. The molecule has 0 aromatic heterocycles. The van der Waals surface area contributed by atoms with Gasteiger partial charge >= 0.3 is 20.2 Å². The minimum atomic E-state index is -4.47. The van der Waals surface area contributed by atoms with Crippen LogP contribution >= 0.6 is 0 Å². The maximum atomic E-state index is 14.2. The summed E-state index contributed by atoms with van der Waals surface area (Å²) in [6.07, 6.45) is 0. The van der Waals surface area contributed by atoms with Crippen LogP contribution in [0.25, 0.3) is 0 Å². The summed E-state index contributed by atoms with van der Waals surface area (Å²) in [5.74, 6) is -1.33. The molecule has 0 spiro atoms. The third-order valence-electron chi connectivity index (χ3n) is 7.42. The second-order valence-corrected chi connectivity index (χ2v) is 13.6. The molecule has 44 heavy (non-hydrogen) atoms. The highest BCUT2D eigenvalue weighted by Crippen LogP contribution is 2.43. The third-order valence-corrected chi connectivity index (χ3v) is 9.92. The minimum Gasteiger partial charge on any atom is -0.495 e. The van der Waals surface area contributed by atoms with Crippen LogP contribution in [0.4, 0.5) is 5.69 Å². The largest absolute Gasteiger partial charge is 0.495 e. The number of amides is 1. The zero-order chi connectivity index (χ0) is 31.8. The van der Waals surface area contributed by atoms with E-state index >= 15 is 0 Å². The maximum Gasteiger partial charge on any atom is 0.339 e. The van der Waals surface area contributed by atoms with Gasteiger partial charge in [0.05, 0.1) is 7.11 Å². The Morgan fingerprint density at radius 1 is 0.773 bits per heavy atom. The van der Waals surface area contributed by atoms with E-state index in [1.165, 1.54) is 43.2 Å². The molecular weight excluding hydrogens is 604 g/mol. The molecule has 0 atom stereocenters. The van der Waals surface area contributed by atoms with Gasteiger partial charge in [-0.15, -0.1) is 0 Å². The third kappa shape index (κ3) is 5.95. The SMILES string of the molecule is CNc1cccc2c1CN(C(=O)c1c(OS(=O)(=O)c3ccc(C)cc3)cc(OS(=O)(=O)c3ccc(C)cc3)c(C)c1OC)C2. The summed E-state index contributed by atoms with van der Waals surface area (Å²) >= 11 is 0. The molecule has 4 aromatic carbocycles. The molecular formula is C32H32N2O8S2. The number of rotatable bonds is 9. The Labute approximate surface area is 257 Å². The van der Waals surface area contributed by atoms with Gasteiger partial charge < -0.3 is 23.3 Å². The topological polar surface area (TPSA) is 128 Å². The number of hydrogen-bond acceptors (Lipinski definition) is 9. The summed E-state index contributed by atoms with van der Waals surface area (Å²) < 4.78 is 70.1. The molecule has 0 radical (unpaired) electrons. The van der Waals surface area contributed by atoms with Crippen molar-refractivity contribution in [1.82, 2.24) is 4.90 Å². The normalized spacial score (nSPS) is 12.9. The molecule has 0 bridgehead atoms. The van der Waals surface area contributed by atoms with Crippen LogP contribution in [0, 0.1) is 20.8 Å². The van der Waals surface area contributed by atoms with Gasteiger partial charge in [-0.1, -0.05) is 47.5 Å². The zero-order valence-corrected chi connectivity index (χ0v) is 26.5. The van der Waals surface area contributed by atoms with Crippen molar-refractivity contribution < 1.29 is 34.7 Å². The van der Waals surface area contributed by atoms with Crippen molar-refractivity contribution >= 4 is 31.8 Å². The van der Waals surface area contributed by atoms with Gasteiger partial charge in [0.15, 0.2) is 11.5 Å². The molecule has 1 aliphatic rings. The Balaban J connectivity index is 1.63. The van der Waals surface area contributed by atoms with Crippen molar-refractivity contribution in [2.45, 2.75) is 43.7 Å². The monoisotopic (exact) mass is 636 g/mol. The minimum absolute atomic E-state index is 0.0782. The molecule has 4 aromatic rings. The highest BCUT2D eigenvalue weighted by atomic mass is 32.2. The van der Waals surface area contributed by atoms with E-state index in [1.807, 2.05) is 32.0 Å². The fourth-order valence-corrected chi connectivity index (χ4v) is 6.93. The highest BCUT2D eigenvalue weighted by molar-refractivity contribution is 7.87. The average Bonchev–Trinajstić information content (AvgIpc) is 3.43. The number of aryl methyl sites for hydroxylation is 2. The van der Waals surface area contributed by atoms with Crippen LogP contribution in [0.2, 0.25) is 0 Å². The summed E-state index contributed by atoms with van der Waals surface area (Å²) in [5, 5.41) is 3.13. The van der Waals surface area contributed by atoms with E-state index in [1.54, 1.807) is 31.3 Å². The first-order valence-electron chi connectivity index (χ1n) is 13.7. The van der Waals surface area contributed by atoms with E-state index in [0.717, 1.165) is 34.0 Å². The number of ether oxygens (including phenoxy) is 1. The number of nitrogens with zero attached hydrogens (tertiary/aromatic N) is 1. The fraction of sp³-hybridized carbons (Fsp3) is 0.219. The van der Waals surface area contributed by atoms with Crippen molar-refractivity contribution in [1.29, 1.82) is 0 Å². The van der Waals surface area contributed by atoms with E-state index in [4.69, 9.17) is 13.1 Å². The standard InChI is InChI=1S/C32H32N2O8S2/c1-20-9-13-24(14-10-20)43(36,37)41-28-17-29(42-44(38,39)25-15-11-21(2)12-16-25)30(31(40-5)22(28)3)32(35)34-18-23-7-6-8-27(33-4)26(23)19-34/h6-17,33H,18-19H2,1-5H3. The molecule has 1 amide bonds. The van der Waals surface area contributed by atoms with E-state index in [2.05, 4.69) is 5.32 Å². The second kappa shape index (κ2) is 11.9. The lowest BCUT2D eigenvalue weighted by molar-refractivity contribution is 0.0746. The van der Waals surface area contributed by atoms with Crippen molar-refractivity contribution in [2.75, 3.05) is 19.5 Å². The first-order valence-corrected chi connectivity index (χ1v) is 16.5. The van der Waals surface area contributed by atoms with Gasteiger partial charge in [-0.2, -0.15) is 16.8 Å². The molecule has 5 rings (SSSR count). The average molecular weight is 637 g/mol. The highest BCUT2D eigenvalue weighted by Gasteiger charge is 2.34. The van der Waals surface area contributed by atoms with Crippen molar-refractivity contribution in [3.8, 4) is 17.2 Å². The van der Waals surface area contributed by atoms with Gasteiger partial charge in [-0.05, 0) is 62.2 Å². The molecule has 1 heterocycles. The summed E-state index contributed by atoms with van der Waals surface area (Å²) in [7, 11) is -5.73. The summed E-state index contributed by atoms with van der Waals surface area (Å²) in [6.45, 7) is 5.66. The van der Waals surface area contributed by atoms with Crippen LogP contribution in [0.5, 0.6) is 17.2 Å². The Morgan fingerprint density at radius 3 is 1.84 bits per heavy atom. The van der Waals surface area contributed by atoms with Crippen LogP contribution < -0.4 is 18.4 Å². The number of carbonyl (C=O) groups excluding carboxylic acids is 1. The number of anilines is 1. The predicted octanol–water partition coefficient (Wildman–Crippen LogP) is 5.35. The van der Waals surface area contributed by atoms with Gasteiger partial charge in [0, 0.05) is 37.5 Å². The first kappa shape index (κ1) is 30.9. The van der Waals surface area contributed by atoms with Gasteiger partial charge in [0.25, 0.3) is 5.91 Å². The van der Waals surface area contributed by atoms with Crippen LogP contribution in [-0.2, 0) is 33.3 Å². The molecule has 1 N–H and O–H groups in total. The molecule has 0 aliphatic carbocycles. The Kier molecular flexibility index (Phi) is 8.32. The lowest BCUT2D eigenvalue weighted by atomic mass is 10.1. The number of carbonyl (C=O) groups is 1. The number of fused-ring (bicyclic) bond motifs is 1. The number of nitrogens with one attached hydrogen (secondary N) is 1. The van der Waals surface area contributed by atoms with Gasteiger partial charge in [0.1, 0.15) is 21.1 Å². The predicted molar refractivity (Wildman–Crippen MR) is 165 cm³/mol. The van der Waals surface area contributed by atoms with Crippen molar-refractivity contribution in [3.05, 3.63) is 106 Å². The first-order chi connectivity index (χ1) is 20.8. The van der Waals surface area contributed by atoms with Crippen LogP contribution in [0.15, 0.2) is 82.6 Å². The van der Waals surface area contributed by atoms with Crippen LogP contribution in [-0.4, -0.2) is 41.8 Å². The maximum absolute atomic E-state index is 14.2. The summed E-state index contributed by atoms with van der Waals surface area (Å²) in [5.41, 5.74) is 4.40. The molecule has 0 saturated carbocycles. The van der Waals surface area contributed by atoms with E-state index in [9.17, 15) is 21.6 Å².